The summed E-state index contributed by atoms with van der Waals surface area (Å²) in [5, 5.41) is 0. The molecule has 0 amide bonds. The molecule has 8 aromatic rings. The van der Waals surface area contributed by atoms with Crippen molar-refractivity contribution in [3.63, 3.8) is 0 Å². The Morgan fingerprint density at radius 3 is 1.45 bits per heavy atom. The molecule has 4 heteroatoms. The topological polar surface area (TPSA) is 38.7 Å². The van der Waals surface area contributed by atoms with E-state index in [2.05, 4.69) is 138 Å². The lowest BCUT2D eigenvalue weighted by Crippen LogP contribution is -1.97. The average Bonchev–Trinajstić information content (AvgIpc) is 3.20. The molecule has 0 aliphatic carbocycles. The van der Waals surface area contributed by atoms with Gasteiger partial charge in [-0.3, -0.25) is 4.98 Å². The van der Waals surface area contributed by atoms with Crippen molar-refractivity contribution in [3.8, 4) is 78.4 Å². The Balaban J connectivity index is 1.32. The van der Waals surface area contributed by atoms with E-state index < -0.39 is 0 Å². The molecule has 1 aliphatic heterocycles. The lowest BCUT2D eigenvalue weighted by Gasteiger charge is -2.18. The van der Waals surface area contributed by atoms with Gasteiger partial charge in [0.15, 0.2) is 5.82 Å². The van der Waals surface area contributed by atoms with Crippen molar-refractivity contribution in [2.75, 3.05) is 0 Å². The molecule has 0 radical (unpaired) electrons. The number of pyridine rings is 1. The van der Waals surface area contributed by atoms with Crippen molar-refractivity contribution in [2.24, 2.45) is 0 Å². The van der Waals surface area contributed by atoms with Crippen LogP contribution in [0.3, 0.4) is 0 Å². The number of benzene rings is 6. The first-order chi connectivity index (χ1) is 24.3. The number of rotatable bonds is 3. The van der Waals surface area contributed by atoms with E-state index >= 15 is 0 Å². The average molecular weight is 644 g/mol. The molecule has 6 aromatic carbocycles. The Morgan fingerprint density at radius 2 is 0.837 bits per heavy atom. The molecule has 0 atom stereocenters. The molecule has 9 rings (SSSR count). The van der Waals surface area contributed by atoms with Gasteiger partial charge in [0.25, 0.3) is 0 Å². The zero-order chi connectivity index (χ0) is 32.6. The Morgan fingerprint density at radius 1 is 0.347 bits per heavy atom. The van der Waals surface area contributed by atoms with Crippen LogP contribution in [0.2, 0.25) is 0 Å². The van der Waals surface area contributed by atoms with Crippen LogP contribution in [0.4, 0.5) is 0 Å². The predicted molar refractivity (Wildman–Crippen MR) is 202 cm³/mol. The minimum absolute atomic E-state index is 0.649. The van der Waals surface area contributed by atoms with E-state index in [0.717, 1.165) is 33.6 Å². The van der Waals surface area contributed by atoms with Gasteiger partial charge >= 0.3 is 0 Å². The first kappa shape index (κ1) is 29.1. The highest BCUT2D eigenvalue weighted by Gasteiger charge is 2.21. The lowest BCUT2D eigenvalue weighted by molar-refractivity contribution is 1.17. The quantitative estimate of drug-likeness (QED) is 0.192. The second-order valence-electron chi connectivity index (χ2n) is 12.0. The van der Waals surface area contributed by atoms with Gasteiger partial charge in [0.2, 0.25) is 0 Å². The van der Waals surface area contributed by atoms with Crippen molar-refractivity contribution < 1.29 is 0 Å². The highest BCUT2D eigenvalue weighted by molar-refractivity contribution is 7.99. The number of fused-ring (bicyclic) bond motifs is 9. The van der Waals surface area contributed by atoms with Crippen LogP contribution in [-0.4, -0.2) is 15.0 Å². The second-order valence-corrected chi connectivity index (χ2v) is 13.1. The number of nitrogens with zero attached hydrogens (tertiary/aromatic N) is 3. The van der Waals surface area contributed by atoms with Crippen LogP contribution in [0.1, 0.15) is 0 Å². The first-order valence-corrected chi connectivity index (χ1v) is 17.2. The van der Waals surface area contributed by atoms with Gasteiger partial charge in [0.1, 0.15) is 0 Å². The summed E-state index contributed by atoms with van der Waals surface area (Å²) in [6, 6.07) is 58.2. The molecule has 0 unspecified atom stereocenters. The van der Waals surface area contributed by atoms with Crippen LogP contribution in [-0.2, 0) is 0 Å². The highest BCUT2D eigenvalue weighted by Crippen LogP contribution is 2.49. The molecule has 0 saturated carbocycles. The summed E-state index contributed by atoms with van der Waals surface area (Å²) in [4.78, 5) is 16.9. The minimum Gasteiger partial charge on any atom is -0.264 e. The van der Waals surface area contributed by atoms with Crippen molar-refractivity contribution in [1.82, 2.24) is 15.0 Å². The number of hydrogen-bond acceptors (Lipinski definition) is 4. The van der Waals surface area contributed by atoms with Crippen molar-refractivity contribution >= 4 is 11.8 Å². The van der Waals surface area contributed by atoms with E-state index in [-0.39, 0.29) is 0 Å². The molecule has 1 aliphatic rings. The summed E-state index contributed by atoms with van der Waals surface area (Å²) < 4.78 is 0. The van der Waals surface area contributed by atoms with Crippen LogP contribution in [0.15, 0.2) is 186 Å². The van der Waals surface area contributed by atoms with E-state index in [1.54, 1.807) is 6.20 Å². The summed E-state index contributed by atoms with van der Waals surface area (Å²) >= 11 is 1.82. The van der Waals surface area contributed by atoms with Crippen molar-refractivity contribution in [3.05, 3.63) is 176 Å². The second kappa shape index (κ2) is 12.5. The predicted octanol–water partition coefficient (Wildman–Crippen LogP) is 12.0. The summed E-state index contributed by atoms with van der Waals surface area (Å²) in [6.45, 7) is 0. The van der Waals surface area contributed by atoms with Gasteiger partial charge in [-0.15, -0.1) is 0 Å². The number of aromatic nitrogens is 3. The molecule has 0 spiro atoms. The Bertz CT molecular complexity index is 2420. The fourth-order valence-electron chi connectivity index (χ4n) is 6.72. The molecular weight excluding hydrogens is 615 g/mol. The first-order valence-electron chi connectivity index (χ1n) is 16.3. The smallest absolute Gasteiger partial charge is 0.161 e. The molecule has 0 fully saturated rings. The van der Waals surface area contributed by atoms with Gasteiger partial charge in [-0.1, -0.05) is 139 Å². The molecule has 0 saturated heterocycles. The monoisotopic (exact) mass is 643 g/mol. The van der Waals surface area contributed by atoms with E-state index in [0.29, 0.717) is 5.82 Å². The normalized spacial score (nSPS) is 11.6. The lowest BCUT2D eigenvalue weighted by atomic mass is 9.86. The fraction of sp³-hybridized carbons (Fsp3) is 0. The van der Waals surface area contributed by atoms with Crippen LogP contribution in [0, 0.1) is 0 Å². The highest BCUT2D eigenvalue weighted by atomic mass is 32.2. The Labute approximate surface area is 290 Å². The summed E-state index contributed by atoms with van der Waals surface area (Å²) in [6.07, 6.45) is 3.60. The van der Waals surface area contributed by atoms with Crippen molar-refractivity contribution in [2.45, 2.75) is 9.79 Å². The van der Waals surface area contributed by atoms with Gasteiger partial charge in [0.05, 0.1) is 11.4 Å². The standard InChI is InChI=1S/C45H29N3S/c1-2-13-30(14-3-1)41-28-42(48-45(47-41)32-15-12-26-46-29-32)31-24-25-37-35-18-5-4-16-33(35)34-17-6-7-19-36(34)38-20-8-10-22-43(38)49-44-23-11-9-21-39(44)40(37)27-31/h1-29H. The molecule has 0 bridgehead atoms. The summed E-state index contributed by atoms with van der Waals surface area (Å²) in [5.41, 5.74) is 14.3. The summed E-state index contributed by atoms with van der Waals surface area (Å²) in [5.74, 6) is 0.649. The largest absolute Gasteiger partial charge is 0.264 e. The molecule has 49 heavy (non-hydrogen) atoms. The van der Waals surface area contributed by atoms with Gasteiger partial charge in [-0.05, 0) is 80.9 Å². The SMILES string of the molecule is c1ccc(-c2cc(-c3ccc4c(c3)-c3ccccc3Sc3ccccc3-c3ccccc3-c3ccccc3-4)nc(-c3cccnc3)n2)cc1. The minimum atomic E-state index is 0.649. The van der Waals surface area contributed by atoms with Crippen LogP contribution in [0.5, 0.6) is 0 Å². The third kappa shape index (κ3) is 5.42. The Kier molecular flexibility index (Phi) is 7.41. The zero-order valence-corrected chi connectivity index (χ0v) is 27.3. The van der Waals surface area contributed by atoms with Gasteiger partial charge < -0.3 is 0 Å². The van der Waals surface area contributed by atoms with Gasteiger partial charge in [-0.2, -0.15) is 0 Å². The third-order valence-electron chi connectivity index (χ3n) is 9.04. The molecule has 230 valence electrons. The van der Waals surface area contributed by atoms with Crippen LogP contribution >= 0.6 is 11.8 Å². The fourth-order valence-corrected chi connectivity index (χ4v) is 7.82. The summed E-state index contributed by atoms with van der Waals surface area (Å²) in [7, 11) is 0. The van der Waals surface area contributed by atoms with Crippen LogP contribution < -0.4 is 0 Å². The number of hydrogen-bond donors (Lipinski definition) is 0. The molecule has 0 N–H and O–H groups in total. The van der Waals surface area contributed by atoms with Crippen LogP contribution in [0.25, 0.3) is 78.4 Å². The molecule has 3 heterocycles. The van der Waals surface area contributed by atoms with Gasteiger partial charge in [-0.25, -0.2) is 9.97 Å². The molecular formula is C45H29N3S. The van der Waals surface area contributed by atoms with E-state index in [1.165, 1.54) is 48.7 Å². The maximum absolute atomic E-state index is 5.14. The maximum atomic E-state index is 5.14. The maximum Gasteiger partial charge on any atom is 0.161 e. The van der Waals surface area contributed by atoms with E-state index in [9.17, 15) is 0 Å². The van der Waals surface area contributed by atoms with E-state index in [1.807, 2.05) is 48.3 Å². The molecule has 3 nitrogen and oxygen atoms in total. The van der Waals surface area contributed by atoms with Crippen molar-refractivity contribution in [1.29, 1.82) is 0 Å². The third-order valence-corrected chi connectivity index (χ3v) is 10.2. The van der Waals surface area contributed by atoms with E-state index in [4.69, 9.17) is 9.97 Å². The molecule has 2 aromatic heterocycles. The Hall–Kier alpha value is -6.10. The van der Waals surface area contributed by atoms with Gasteiger partial charge in [0, 0.05) is 38.9 Å². The zero-order valence-electron chi connectivity index (χ0n) is 26.5.